The molecule has 2 aliphatic rings. The molecule has 1 N–H and O–H groups in total. The first-order valence-electron chi connectivity index (χ1n) is 8.58. The molecule has 5 nitrogen and oxygen atoms in total. The summed E-state index contributed by atoms with van der Waals surface area (Å²) < 4.78 is 5.12. The highest BCUT2D eigenvalue weighted by Crippen LogP contribution is 2.30. The Labute approximate surface area is 142 Å². The number of carbonyl (C=O) groups is 2. The Kier molecular flexibility index (Phi) is 5.18. The maximum absolute atomic E-state index is 12.7. The van der Waals surface area contributed by atoms with Crippen LogP contribution in [0.25, 0.3) is 0 Å². The largest absolute Gasteiger partial charge is 0.497 e. The number of allylic oxidation sites excluding steroid dienone is 2. The lowest BCUT2D eigenvalue weighted by atomic mass is 9.81. The van der Waals surface area contributed by atoms with Crippen LogP contribution in [0.5, 0.6) is 5.75 Å². The fourth-order valence-corrected chi connectivity index (χ4v) is 3.46. The molecule has 2 unspecified atom stereocenters. The highest BCUT2D eigenvalue weighted by molar-refractivity contribution is 5.96. The number of nitrogens with zero attached hydrogens (tertiary/aromatic N) is 1. The number of carbonyl (C=O) groups excluding carboxylic acids is 2. The van der Waals surface area contributed by atoms with Gasteiger partial charge in [0.1, 0.15) is 5.75 Å². The fourth-order valence-electron chi connectivity index (χ4n) is 3.46. The van der Waals surface area contributed by atoms with Crippen molar-refractivity contribution in [1.82, 2.24) is 4.90 Å². The van der Waals surface area contributed by atoms with Gasteiger partial charge in [0.25, 0.3) is 0 Å². The summed E-state index contributed by atoms with van der Waals surface area (Å²) in [5, 5.41) is 2.94. The number of ether oxygens (including phenoxy) is 1. The van der Waals surface area contributed by atoms with Crippen LogP contribution in [0.3, 0.4) is 0 Å². The van der Waals surface area contributed by atoms with E-state index in [2.05, 4.69) is 5.32 Å². The minimum atomic E-state index is -0.301. The van der Waals surface area contributed by atoms with Gasteiger partial charge in [-0.3, -0.25) is 9.59 Å². The molecule has 1 aromatic carbocycles. The molecule has 3 rings (SSSR count). The van der Waals surface area contributed by atoms with E-state index >= 15 is 0 Å². The third-order valence-corrected chi connectivity index (χ3v) is 4.86. The van der Waals surface area contributed by atoms with Crippen molar-refractivity contribution in [2.24, 2.45) is 11.8 Å². The first-order chi connectivity index (χ1) is 11.7. The Morgan fingerprint density at radius 1 is 1.04 bits per heavy atom. The van der Waals surface area contributed by atoms with Crippen LogP contribution < -0.4 is 10.1 Å². The van der Waals surface area contributed by atoms with Gasteiger partial charge in [0.05, 0.1) is 18.9 Å². The van der Waals surface area contributed by atoms with Gasteiger partial charge in [-0.15, -0.1) is 0 Å². The standard InChI is InChI=1S/C19H24N2O3/c1-24-15-10-8-14(9-11-15)20-18(22)16-6-2-3-7-17(16)19(23)21-12-4-5-13-21/h2-3,8-11,16-17H,4-7,12-13H2,1H3,(H,20,22). The van der Waals surface area contributed by atoms with E-state index in [1.807, 2.05) is 41.3 Å². The van der Waals surface area contributed by atoms with Gasteiger partial charge in [-0.05, 0) is 49.9 Å². The molecule has 0 radical (unpaired) electrons. The average Bonchev–Trinajstić information content (AvgIpc) is 3.16. The molecular formula is C19H24N2O3. The molecule has 1 saturated heterocycles. The third kappa shape index (κ3) is 3.61. The van der Waals surface area contributed by atoms with Gasteiger partial charge < -0.3 is 15.0 Å². The quantitative estimate of drug-likeness (QED) is 0.865. The lowest BCUT2D eigenvalue weighted by Crippen LogP contribution is -2.42. The topological polar surface area (TPSA) is 58.6 Å². The second-order valence-electron chi connectivity index (χ2n) is 6.41. The van der Waals surface area contributed by atoms with E-state index in [-0.39, 0.29) is 23.7 Å². The molecule has 24 heavy (non-hydrogen) atoms. The van der Waals surface area contributed by atoms with Gasteiger partial charge in [-0.25, -0.2) is 0 Å². The molecule has 0 saturated carbocycles. The molecule has 5 heteroatoms. The predicted molar refractivity (Wildman–Crippen MR) is 92.8 cm³/mol. The monoisotopic (exact) mass is 328 g/mol. The Hall–Kier alpha value is -2.30. The van der Waals surface area contributed by atoms with Crippen molar-refractivity contribution >= 4 is 17.5 Å². The molecule has 128 valence electrons. The molecule has 1 heterocycles. The Bertz CT molecular complexity index is 618. The first kappa shape index (κ1) is 16.6. The minimum Gasteiger partial charge on any atom is -0.497 e. The minimum absolute atomic E-state index is 0.0814. The lowest BCUT2D eigenvalue weighted by Gasteiger charge is -2.30. The third-order valence-electron chi connectivity index (χ3n) is 4.86. The smallest absolute Gasteiger partial charge is 0.228 e. The van der Waals surface area contributed by atoms with Crippen molar-refractivity contribution in [3.63, 3.8) is 0 Å². The second-order valence-corrected chi connectivity index (χ2v) is 6.41. The summed E-state index contributed by atoms with van der Waals surface area (Å²) >= 11 is 0. The highest BCUT2D eigenvalue weighted by atomic mass is 16.5. The van der Waals surface area contributed by atoms with Crippen molar-refractivity contribution < 1.29 is 14.3 Å². The Morgan fingerprint density at radius 3 is 2.29 bits per heavy atom. The Morgan fingerprint density at radius 2 is 1.67 bits per heavy atom. The van der Waals surface area contributed by atoms with Crippen molar-refractivity contribution in [1.29, 1.82) is 0 Å². The van der Waals surface area contributed by atoms with Gasteiger partial charge in [-0.2, -0.15) is 0 Å². The number of methoxy groups -OCH3 is 1. The van der Waals surface area contributed by atoms with E-state index < -0.39 is 0 Å². The number of benzene rings is 1. The summed E-state index contributed by atoms with van der Waals surface area (Å²) in [7, 11) is 1.61. The molecule has 2 atom stereocenters. The maximum Gasteiger partial charge on any atom is 0.228 e. The van der Waals surface area contributed by atoms with E-state index in [0.29, 0.717) is 12.8 Å². The van der Waals surface area contributed by atoms with Crippen LogP contribution in [-0.4, -0.2) is 36.9 Å². The van der Waals surface area contributed by atoms with Crippen LogP contribution >= 0.6 is 0 Å². The fraction of sp³-hybridized carbons (Fsp3) is 0.474. The van der Waals surface area contributed by atoms with E-state index in [0.717, 1.165) is 37.4 Å². The average molecular weight is 328 g/mol. The van der Waals surface area contributed by atoms with E-state index in [4.69, 9.17) is 4.74 Å². The summed E-state index contributed by atoms with van der Waals surface area (Å²) in [5.74, 6) is 0.251. The van der Waals surface area contributed by atoms with Crippen LogP contribution in [0.1, 0.15) is 25.7 Å². The molecular weight excluding hydrogens is 304 g/mol. The number of likely N-dealkylation sites (tertiary alicyclic amines) is 1. The van der Waals surface area contributed by atoms with E-state index in [1.54, 1.807) is 7.11 Å². The van der Waals surface area contributed by atoms with Crippen molar-refractivity contribution in [3.05, 3.63) is 36.4 Å². The summed E-state index contributed by atoms with van der Waals surface area (Å²) in [6, 6.07) is 7.24. The number of rotatable bonds is 4. The summed E-state index contributed by atoms with van der Waals surface area (Å²) in [5.41, 5.74) is 0.725. The van der Waals surface area contributed by atoms with Crippen molar-refractivity contribution in [3.8, 4) is 5.75 Å². The number of anilines is 1. The van der Waals surface area contributed by atoms with Gasteiger partial charge in [0.2, 0.25) is 11.8 Å². The van der Waals surface area contributed by atoms with E-state index in [9.17, 15) is 9.59 Å². The molecule has 0 aromatic heterocycles. The van der Waals surface area contributed by atoms with Gasteiger partial charge >= 0.3 is 0 Å². The zero-order valence-corrected chi connectivity index (χ0v) is 14.0. The van der Waals surface area contributed by atoms with E-state index in [1.165, 1.54) is 0 Å². The molecule has 2 amide bonds. The molecule has 0 spiro atoms. The number of nitrogens with one attached hydrogen (secondary N) is 1. The highest BCUT2D eigenvalue weighted by Gasteiger charge is 2.36. The number of hydrogen-bond acceptors (Lipinski definition) is 3. The predicted octanol–water partition coefficient (Wildman–Crippen LogP) is 2.84. The molecule has 1 fully saturated rings. The number of amides is 2. The zero-order chi connectivity index (χ0) is 16.9. The number of hydrogen-bond donors (Lipinski definition) is 1. The van der Waals surface area contributed by atoms with Crippen LogP contribution in [0.2, 0.25) is 0 Å². The van der Waals surface area contributed by atoms with Gasteiger partial charge in [0.15, 0.2) is 0 Å². The Balaban J connectivity index is 1.68. The molecule has 0 bridgehead atoms. The maximum atomic E-state index is 12.7. The second kappa shape index (κ2) is 7.51. The SMILES string of the molecule is COc1ccc(NC(=O)C2CC=CCC2C(=O)N2CCCC2)cc1. The normalized spacial score (nSPS) is 23.1. The summed E-state index contributed by atoms with van der Waals surface area (Å²) in [6.45, 7) is 1.65. The summed E-state index contributed by atoms with van der Waals surface area (Å²) in [6.07, 6.45) is 7.43. The molecule has 1 aliphatic carbocycles. The van der Waals surface area contributed by atoms with Gasteiger partial charge in [-0.1, -0.05) is 12.2 Å². The molecule has 1 aliphatic heterocycles. The summed E-state index contributed by atoms with van der Waals surface area (Å²) in [4.78, 5) is 27.4. The zero-order valence-electron chi connectivity index (χ0n) is 14.0. The van der Waals surface area contributed by atoms with Crippen LogP contribution in [-0.2, 0) is 9.59 Å². The van der Waals surface area contributed by atoms with Crippen molar-refractivity contribution in [2.75, 3.05) is 25.5 Å². The molecule has 1 aromatic rings. The first-order valence-corrected chi connectivity index (χ1v) is 8.58. The van der Waals surface area contributed by atoms with Crippen LogP contribution in [0, 0.1) is 11.8 Å². The van der Waals surface area contributed by atoms with Crippen molar-refractivity contribution in [2.45, 2.75) is 25.7 Å². The van der Waals surface area contributed by atoms with Gasteiger partial charge in [0, 0.05) is 18.8 Å². The lowest BCUT2D eigenvalue weighted by molar-refractivity contribution is -0.139. The van der Waals surface area contributed by atoms with Crippen LogP contribution in [0.4, 0.5) is 5.69 Å². The van der Waals surface area contributed by atoms with Crippen LogP contribution in [0.15, 0.2) is 36.4 Å².